The van der Waals surface area contributed by atoms with Crippen molar-refractivity contribution < 1.29 is 73.1 Å². The zero-order valence-electron chi connectivity index (χ0n) is 39.8. The quantitative estimate of drug-likeness (QED) is 0.0537. The number of amides is 1. The third-order valence-electron chi connectivity index (χ3n) is 12.5. The highest BCUT2D eigenvalue weighted by atomic mass is 16.7. The summed E-state index contributed by atoms with van der Waals surface area (Å²) in [5, 5.41) is 58.0. The topological polar surface area (TPSA) is 229 Å². The summed E-state index contributed by atoms with van der Waals surface area (Å²) >= 11 is 0. The number of carbonyl (C=O) groups excluding carboxylic acids is 2. The highest BCUT2D eigenvalue weighted by molar-refractivity contribution is 5.80. The van der Waals surface area contributed by atoms with Crippen LogP contribution in [0, 0.1) is 17.3 Å². The Bertz CT molecular complexity index is 1960. The van der Waals surface area contributed by atoms with Gasteiger partial charge in [-0.05, 0) is 31.9 Å². The molecular weight excluding hydrogens is 867 g/mol. The number of carboxylic acids is 1. The lowest BCUT2D eigenvalue weighted by Crippen LogP contribution is -2.70. The average molecular weight is 938 g/mol. The first-order chi connectivity index (χ1) is 31.9. The van der Waals surface area contributed by atoms with Gasteiger partial charge < -0.3 is 64.0 Å². The smallest absolute Gasteiger partial charge is 0.328 e. The van der Waals surface area contributed by atoms with Crippen LogP contribution in [0.4, 0.5) is 0 Å². The SMILES string of the molecule is C/C=C/C=C/C1OC(O)(C(COC2CC(OC)OC(C)C2O)C(=O)NC/C=C/C=C(\C)C(OC)C(C)C2CC(O)C(/C=C/C=C/C=C/C(=O)O)O2)C(O)C(OC(=O)Cc2ccccc2)C1(C)C. The number of carbonyl (C=O) groups is 3. The Morgan fingerprint density at radius 1 is 0.955 bits per heavy atom. The number of hydrogen-bond acceptors (Lipinski definition) is 14. The largest absolute Gasteiger partial charge is 0.478 e. The Labute approximate surface area is 394 Å². The number of nitrogens with one attached hydrogen (secondary N) is 1. The molecule has 0 saturated carbocycles. The first kappa shape index (κ1) is 55.0. The van der Waals surface area contributed by atoms with Gasteiger partial charge in [-0.1, -0.05) is 124 Å². The number of rotatable bonds is 22. The van der Waals surface area contributed by atoms with Crippen LogP contribution in [-0.2, 0) is 54.0 Å². The Morgan fingerprint density at radius 3 is 2.33 bits per heavy atom. The van der Waals surface area contributed by atoms with E-state index in [-0.39, 0.29) is 31.4 Å². The molecule has 3 aliphatic heterocycles. The number of hydrogen-bond donors (Lipinski definition) is 6. The van der Waals surface area contributed by atoms with Crippen LogP contribution in [0.3, 0.4) is 0 Å². The molecule has 3 saturated heterocycles. The Kier molecular flexibility index (Phi) is 21.5. The standard InChI is InChI=1S/C51H71NO15/c1-9-10-14-25-41-50(5,6)48(66-43(56)28-35-22-15-13-16-23-35)47(58)51(60,67-41)36(31-63-40-30-44(61-7)64-34(4)45(40)57)49(59)52-27-20-19-21-32(2)46(62-8)33(3)39-29-37(53)38(65-39)24-17-11-12-18-26-42(54)55/h9-26,33-34,36-41,44-48,53,57-58,60H,27-31H2,1-8H3,(H,52,59)(H,54,55)/b10-9+,12-11+,20-19+,24-17+,25-14+,26-18+,32-21+. The molecule has 0 spiro atoms. The predicted molar refractivity (Wildman–Crippen MR) is 249 cm³/mol. The van der Waals surface area contributed by atoms with E-state index in [9.17, 15) is 34.8 Å². The zero-order chi connectivity index (χ0) is 49.3. The predicted octanol–water partition coefficient (Wildman–Crippen LogP) is 4.43. The van der Waals surface area contributed by atoms with E-state index < -0.39 is 103 Å². The van der Waals surface area contributed by atoms with Crippen molar-refractivity contribution in [2.24, 2.45) is 17.3 Å². The lowest BCUT2D eigenvalue weighted by molar-refractivity contribution is -0.364. The molecule has 0 radical (unpaired) electrons. The van der Waals surface area contributed by atoms with Crippen LogP contribution in [0.25, 0.3) is 0 Å². The van der Waals surface area contributed by atoms with Gasteiger partial charge in [-0.15, -0.1) is 0 Å². The minimum absolute atomic E-state index is 0.0285. The highest BCUT2D eigenvalue weighted by Crippen LogP contribution is 2.46. The van der Waals surface area contributed by atoms with Crippen LogP contribution < -0.4 is 5.32 Å². The van der Waals surface area contributed by atoms with Crippen LogP contribution in [0.15, 0.2) is 115 Å². The van der Waals surface area contributed by atoms with Gasteiger partial charge in [0.1, 0.15) is 30.3 Å². The second kappa shape index (κ2) is 26.2. The van der Waals surface area contributed by atoms with Gasteiger partial charge in [-0.3, -0.25) is 9.59 Å². The molecule has 1 amide bonds. The highest BCUT2D eigenvalue weighted by Gasteiger charge is 2.63. The van der Waals surface area contributed by atoms with E-state index in [1.807, 2.05) is 32.9 Å². The molecule has 1 aromatic rings. The Morgan fingerprint density at radius 2 is 1.66 bits per heavy atom. The Balaban J connectivity index is 1.55. The molecule has 3 heterocycles. The molecule has 16 nitrogen and oxygen atoms in total. The first-order valence-corrected chi connectivity index (χ1v) is 22.7. The van der Waals surface area contributed by atoms with Crippen LogP contribution in [0.5, 0.6) is 0 Å². The summed E-state index contributed by atoms with van der Waals surface area (Å²) < 4.78 is 41.7. The molecule has 16 heteroatoms. The first-order valence-electron chi connectivity index (χ1n) is 22.7. The molecule has 14 atom stereocenters. The summed E-state index contributed by atoms with van der Waals surface area (Å²) in [6.45, 7) is 10.2. The Hall–Kier alpha value is -4.59. The van der Waals surface area contributed by atoms with Gasteiger partial charge in [0.05, 0.1) is 49.7 Å². The molecule has 3 fully saturated rings. The fourth-order valence-corrected chi connectivity index (χ4v) is 8.50. The minimum Gasteiger partial charge on any atom is -0.478 e. The third kappa shape index (κ3) is 15.2. The van der Waals surface area contributed by atoms with Crippen molar-refractivity contribution >= 4 is 17.8 Å². The number of aliphatic carboxylic acids is 1. The molecule has 14 unspecified atom stereocenters. The summed E-state index contributed by atoms with van der Waals surface area (Å²) in [5.74, 6) is -6.95. The summed E-state index contributed by atoms with van der Waals surface area (Å²) in [7, 11) is 3.04. The third-order valence-corrected chi connectivity index (χ3v) is 12.5. The van der Waals surface area contributed by atoms with E-state index in [1.165, 1.54) is 13.2 Å². The molecule has 1 aromatic carbocycles. The maximum Gasteiger partial charge on any atom is 0.328 e. The van der Waals surface area contributed by atoms with E-state index in [1.54, 1.807) is 113 Å². The number of esters is 1. The number of allylic oxidation sites excluding steroid dienone is 9. The number of benzene rings is 1. The minimum atomic E-state index is -2.69. The second-order valence-electron chi connectivity index (χ2n) is 17.7. The van der Waals surface area contributed by atoms with Gasteiger partial charge in [-0.25, -0.2) is 4.79 Å². The summed E-state index contributed by atoms with van der Waals surface area (Å²) in [5.41, 5.74) is 0.402. The van der Waals surface area contributed by atoms with Gasteiger partial charge in [0, 0.05) is 51.0 Å². The van der Waals surface area contributed by atoms with E-state index in [0.29, 0.717) is 12.0 Å². The number of methoxy groups -OCH3 is 2. The van der Waals surface area contributed by atoms with E-state index in [2.05, 4.69) is 5.32 Å². The fraction of sp³-hybridized carbons (Fsp3) is 0.549. The van der Waals surface area contributed by atoms with Gasteiger partial charge in [0.15, 0.2) is 6.29 Å². The van der Waals surface area contributed by atoms with Crippen molar-refractivity contribution in [2.75, 3.05) is 27.4 Å². The summed E-state index contributed by atoms with van der Waals surface area (Å²) in [4.78, 5) is 38.5. The number of aliphatic hydroxyl groups is 4. The van der Waals surface area contributed by atoms with Crippen molar-refractivity contribution in [3.63, 3.8) is 0 Å². The van der Waals surface area contributed by atoms with E-state index in [0.717, 1.165) is 11.6 Å². The van der Waals surface area contributed by atoms with Crippen molar-refractivity contribution in [3.8, 4) is 0 Å². The van der Waals surface area contributed by atoms with Gasteiger partial charge >= 0.3 is 11.9 Å². The van der Waals surface area contributed by atoms with Gasteiger partial charge in [0.2, 0.25) is 11.7 Å². The van der Waals surface area contributed by atoms with E-state index >= 15 is 0 Å². The lowest BCUT2D eigenvalue weighted by atomic mass is 9.71. The van der Waals surface area contributed by atoms with Crippen LogP contribution in [0.2, 0.25) is 0 Å². The maximum atomic E-state index is 14.4. The average Bonchev–Trinajstić information content (AvgIpc) is 3.66. The molecule has 67 heavy (non-hydrogen) atoms. The normalized spacial score (nSPS) is 31.9. The maximum absolute atomic E-state index is 14.4. The molecule has 0 aliphatic carbocycles. The van der Waals surface area contributed by atoms with Crippen molar-refractivity contribution in [1.82, 2.24) is 5.32 Å². The molecule has 370 valence electrons. The van der Waals surface area contributed by atoms with Crippen LogP contribution >= 0.6 is 0 Å². The van der Waals surface area contributed by atoms with Gasteiger partial charge in [0.25, 0.3) is 0 Å². The monoisotopic (exact) mass is 937 g/mol. The fourth-order valence-electron chi connectivity index (χ4n) is 8.50. The van der Waals surface area contributed by atoms with Crippen LogP contribution in [0.1, 0.15) is 59.9 Å². The molecular formula is C51H71NO15. The molecule has 4 rings (SSSR count). The number of carboxylic acid groups (broad SMARTS) is 1. The molecule has 0 aromatic heterocycles. The summed E-state index contributed by atoms with van der Waals surface area (Å²) in [6, 6.07) is 8.94. The van der Waals surface area contributed by atoms with Gasteiger partial charge in [-0.2, -0.15) is 0 Å². The van der Waals surface area contributed by atoms with E-state index in [4.69, 9.17) is 38.3 Å². The number of ether oxygens (including phenoxy) is 7. The second-order valence-corrected chi connectivity index (χ2v) is 17.7. The summed E-state index contributed by atoms with van der Waals surface area (Å²) in [6.07, 6.45) is 11.8. The van der Waals surface area contributed by atoms with Crippen LogP contribution in [-0.4, -0.2) is 144 Å². The van der Waals surface area contributed by atoms with Crippen molar-refractivity contribution in [1.29, 1.82) is 0 Å². The zero-order valence-corrected chi connectivity index (χ0v) is 39.8. The molecule has 6 N–H and O–H groups in total. The van der Waals surface area contributed by atoms with Crippen molar-refractivity contribution in [2.45, 2.75) is 134 Å². The van der Waals surface area contributed by atoms with Crippen molar-refractivity contribution in [3.05, 3.63) is 120 Å². The lowest BCUT2D eigenvalue weighted by Gasteiger charge is -2.54. The number of aliphatic hydroxyl groups excluding tert-OH is 3. The molecule has 3 aliphatic rings. The molecule has 0 bridgehead atoms.